The first kappa shape index (κ1) is 18.1. The highest BCUT2D eigenvalue weighted by Gasteiger charge is 2.27. The number of primary amides is 1. The predicted octanol–water partition coefficient (Wildman–Crippen LogP) is 2.81. The van der Waals surface area contributed by atoms with E-state index in [0.717, 1.165) is 35.8 Å². The number of carbonyl (C=O) groups excluding carboxylic acids is 1. The number of amides is 1. The van der Waals surface area contributed by atoms with Gasteiger partial charge in [-0.05, 0) is 31.0 Å². The molecule has 2 unspecified atom stereocenters. The van der Waals surface area contributed by atoms with Gasteiger partial charge in [-0.3, -0.25) is 9.69 Å². The van der Waals surface area contributed by atoms with Crippen molar-refractivity contribution in [2.75, 3.05) is 13.1 Å². The average molecular weight is 356 g/mol. The molecule has 118 valence electrons. The Morgan fingerprint density at radius 2 is 2.00 bits per heavy atom. The molecule has 1 rings (SSSR count). The zero-order valence-corrected chi connectivity index (χ0v) is 14.5. The number of unbranched alkanes of at least 4 members (excludes halogenated alkanes) is 1. The van der Waals surface area contributed by atoms with Gasteiger partial charge in [0.05, 0.1) is 12.6 Å². The van der Waals surface area contributed by atoms with Crippen molar-refractivity contribution in [3.8, 4) is 0 Å². The second-order valence-corrected chi connectivity index (χ2v) is 6.18. The summed E-state index contributed by atoms with van der Waals surface area (Å²) in [4.78, 5) is 13.5. The van der Waals surface area contributed by atoms with Gasteiger partial charge >= 0.3 is 0 Å². The van der Waals surface area contributed by atoms with Crippen LogP contribution in [0.1, 0.15) is 44.7 Å². The summed E-state index contributed by atoms with van der Waals surface area (Å²) in [5, 5.41) is 0. The molecule has 1 aromatic carbocycles. The van der Waals surface area contributed by atoms with Crippen molar-refractivity contribution in [3.05, 3.63) is 34.3 Å². The molecule has 0 heterocycles. The zero-order chi connectivity index (χ0) is 15.8. The average Bonchev–Trinajstić information content (AvgIpc) is 2.45. The lowest BCUT2D eigenvalue weighted by Crippen LogP contribution is -2.45. The molecule has 0 radical (unpaired) electrons. The Balaban J connectivity index is 3.13. The van der Waals surface area contributed by atoms with Crippen molar-refractivity contribution < 1.29 is 4.79 Å². The number of rotatable bonds is 9. The van der Waals surface area contributed by atoms with Crippen LogP contribution in [0.15, 0.2) is 28.7 Å². The summed E-state index contributed by atoms with van der Waals surface area (Å²) < 4.78 is 1.02. The summed E-state index contributed by atoms with van der Waals surface area (Å²) in [5.74, 6) is -0.313. The van der Waals surface area contributed by atoms with Gasteiger partial charge in [0.15, 0.2) is 0 Å². The summed E-state index contributed by atoms with van der Waals surface area (Å²) in [6.45, 7) is 5.26. The van der Waals surface area contributed by atoms with E-state index in [9.17, 15) is 4.79 Å². The summed E-state index contributed by atoms with van der Waals surface area (Å²) in [6, 6.07) is 7.99. The molecular formula is C16H26BrN3O. The van der Waals surface area contributed by atoms with Crippen molar-refractivity contribution in [1.29, 1.82) is 0 Å². The maximum Gasteiger partial charge on any atom is 0.231 e. The second-order valence-electron chi connectivity index (χ2n) is 5.33. The fraction of sp³-hybridized carbons (Fsp3) is 0.562. The quantitative estimate of drug-likeness (QED) is 0.715. The van der Waals surface area contributed by atoms with Crippen molar-refractivity contribution in [1.82, 2.24) is 4.90 Å². The van der Waals surface area contributed by atoms with E-state index in [1.165, 1.54) is 0 Å². The van der Waals surface area contributed by atoms with Gasteiger partial charge in [0.25, 0.3) is 0 Å². The third kappa shape index (κ3) is 5.41. The van der Waals surface area contributed by atoms with E-state index in [1.54, 1.807) is 0 Å². The molecule has 4 nitrogen and oxygen atoms in total. The van der Waals surface area contributed by atoms with Crippen molar-refractivity contribution in [3.63, 3.8) is 0 Å². The van der Waals surface area contributed by atoms with Crippen LogP contribution >= 0.6 is 15.9 Å². The minimum absolute atomic E-state index is 0.00961. The summed E-state index contributed by atoms with van der Waals surface area (Å²) in [7, 11) is 0. The van der Waals surface area contributed by atoms with Gasteiger partial charge in [-0.25, -0.2) is 0 Å². The molecule has 1 aromatic rings. The van der Waals surface area contributed by atoms with Crippen LogP contribution in [-0.4, -0.2) is 29.9 Å². The van der Waals surface area contributed by atoms with Gasteiger partial charge in [-0.15, -0.1) is 0 Å². The third-order valence-corrected chi connectivity index (χ3v) is 4.37. The van der Waals surface area contributed by atoms with Gasteiger partial charge in [0.2, 0.25) is 5.91 Å². The number of carbonyl (C=O) groups is 1. The lowest BCUT2D eigenvalue weighted by Gasteiger charge is -2.35. The minimum Gasteiger partial charge on any atom is -0.369 e. The molecule has 2 atom stereocenters. The molecule has 0 aromatic heterocycles. The molecule has 0 spiro atoms. The molecule has 0 fully saturated rings. The molecule has 0 bridgehead atoms. The number of hydrogen-bond donors (Lipinski definition) is 2. The van der Waals surface area contributed by atoms with E-state index in [1.807, 2.05) is 18.2 Å². The van der Waals surface area contributed by atoms with Crippen LogP contribution in [-0.2, 0) is 4.79 Å². The Labute approximate surface area is 136 Å². The number of halogens is 1. The number of benzene rings is 1. The lowest BCUT2D eigenvalue weighted by molar-refractivity contribution is -0.119. The number of nitrogens with two attached hydrogens (primary N) is 2. The third-order valence-electron chi connectivity index (χ3n) is 3.65. The number of nitrogens with zero attached hydrogens (tertiary/aromatic N) is 1. The van der Waals surface area contributed by atoms with Crippen LogP contribution in [0.2, 0.25) is 0 Å². The Hall–Kier alpha value is -0.910. The second kappa shape index (κ2) is 9.18. The van der Waals surface area contributed by atoms with Gasteiger partial charge in [-0.2, -0.15) is 0 Å². The molecule has 4 N–H and O–H groups in total. The molecule has 0 aliphatic carbocycles. The Morgan fingerprint density at radius 3 is 2.52 bits per heavy atom. The normalized spacial score (nSPS) is 14.1. The van der Waals surface area contributed by atoms with Gasteiger partial charge in [-0.1, -0.05) is 54.4 Å². The standard InChI is InChI=1S/C16H26BrN3O/c1-3-5-10-20(11-15(19)21)16(14(18)4-2)12-8-6-7-9-13(12)17/h6-9,14,16H,3-5,10-11,18H2,1-2H3,(H2,19,21). The van der Waals surface area contributed by atoms with Crippen molar-refractivity contribution >= 4 is 21.8 Å². The molecule has 5 heteroatoms. The first-order valence-corrected chi connectivity index (χ1v) is 8.32. The fourth-order valence-corrected chi connectivity index (χ4v) is 3.03. The lowest BCUT2D eigenvalue weighted by atomic mass is 9.96. The zero-order valence-electron chi connectivity index (χ0n) is 12.9. The maximum atomic E-state index is 11.4. The fourth-order valence-electron chi connectivity index (χ4n) is 2.51. The van der Waals surface area contributed by atoms with E-state index >= 15 is 0 Å². The van der Waals surface area contributed by atoms with Crippen LogP contribution in [0.3, 0.4) is 0 Å². The smallest absolute Gasteiger partial charge is 0.231 e. The van der Waals surface area contributed by atoms with Crippen LogP contribution in [0, 0.1) is 0 Å². The molecule has 1 amide bonds. The maximum absolute atomic E-state index is 11.4. The largest absolute Gasteiger partial charge is 0.369 e. The van der Waals surface area contributed by atoms with Gasteiger partial charge in [0.1, 0.15) is 0 Å². The van der Waals surface area contributed by atoms with Crippen LogP contribution in [0.25, 0.3) is 0 Å². The minimum atomic E-state index is -0.313. The van der Waals surface area contributed by atoms with Crippen LogP contribution in [0.5, 0.6) is 0 Å². The van der Waals surface area contributed by atoms with Gasteiger partial charge in [0, 0.05) is 10.5 Å². The molecule has 21 heavy (non-hydrogen) atoms. The highest BCUT2D eigenvalue weighted by Crippen LogP contribution is 2.31. The SMILES string of the molecule is CCCCN(CC(N)=O)C(c1ccccc1Br)C(N)CC. The predicted molar refractivity (Wildman–Crippen MR) is 90.8 cm³/mol. The highest BCUT2D eigenvalue weighted by molar-refractivity contribution is 9.10. The van der Waals surface area contributed by atoms with Crippen molar-refractivity contribution in [2.24, 2.45) is 11.5 Å². The summed E-state index contributed by atoms with van der Waals surface area (Å²) in [6.07, 6.45) is 2.93. The van der Waals surface area contributed by atoms with E-state index < -0.39 is 0 Å². The molecular weight excluding hydrogens is 330 g/mol. The number of hydrogen-bond acceptors (Lipinski definition) is 3. The van der Waals surface area contributed by atoms with E-state index in [0.29, 0.717) is 0 Å². The summed E-state index contributed by atoms with van der Waals surface area (Å²) in [5.41, 5.74) is 12.9. The monoisotopic (exact) mass is 355 g/mol. The van der Waals surface area contributed by atoms with E-state index in [-0.39, 0.29) is 24.5 Å². The van der Waals surface area contributed by atoms with Crippen molar-refractivity contribution in [2.45, 2.75) is 45.2 Å². The van der Waals surface area contributed by atoms with E-state index in [4.69, 9.17) is 11.5 Å². The van der Waals surface area contributed by atoms with Gasteiger partial charge < -0.3 is 11.5 Å². The first-order chi connectivity index (χ1) is 10.0. The molecule has 0 saturated carbocycles. The Bertz CT molecular complexity index is 453. The first-order valence-electron chi connectivity index (χ1n) is 7.53. The Kier molecular flexibility index (Phi) is 7.93. The summed E-state index contributed by atoms with van der Waals surface area (Å²) >= 11 is 3.60. The topological polar surface area (TPSA) is 72.3 Å². The van der Waals surface area contributed by atoms with Crippen LogP contribution in [0.4, 0.5) is 0 Å². The molecule has 0 aliphatic rings. The van der Waals surface area contributed by atoms with Crippen LogP contribution < -0.4 is 11.5 Å². The van der Waals surface area contributed by atoms with E-state index in [2.05, 4.69) is 40.7 Å². The molecule has 0 aliphatic heterocycles. The Morgan fingerprint density at radius 1 is 1.33 bits per heavy atom. The molecule has 0 saturated heterocycles. The highest BCUT2D eigenvalue weighted by atomic mass is 79.9.